The van der Waals surface area contributed by atoms with Gasteiger partial charge in [0.25, 0.3) is 5.91 Å². The number of benzene rings is 1. The lowest BCUT2D eigenvalue weighted by molar-refractivity contribution is 0.0950. The van der Waals surface area contributed by atoms with Crippen LogP contribution in [0.5, 0.6) is 0 Å². The minimum atomic E-state index is -0.122. The van der Waals surface area contributed by atoms with Crippen molar-refractivity contribution in [1.82, 2.24) is 10.3 Å². The summed E-state index contributed by atoms with van der Waals surface area (Å²) >= 11 is 0. The van der Waals surface area contributed by atoms with E-state index in [1.165, 1.54) is 0 Å². The molecule has 0 aliphatic heterocycles. The molecule has 21 heavy (non-hydrogen) atoms. The van der Waals surface area contributed by atoms with Crippen LogP contribution in [0, 0.1) is 5.41 Å². The number of carbonyl (C=O) groups excluding carboxylic acids is 1. The van der Waals surface area contributed by atoms with Crippen molar-refractivity contribution in [3.63, 3.8) is 0 Å². The summed E-state index contributed by atoms with van der Waals surface area (Å²) in [5.74, 6) is -0.122. The maximum absolute atomic E-state index is 12.3. The van der Waals surface area contributed by atoms with Gasteiger partial charge in [0.1, 0.15) is 0 Å². The van der Waals surface area contributed by atoms with Crippen LogP contribution >= 0.6 is 0 Å². The highest BCUT2D eigenvalue weighted by molar-refractivity contribution is 6.05. The molecule has 0 aliphatic carbocycles. The molecule has 4 heteroatoms. The maximum atomic E-state index is 12.3. The molecule has 1 aromatic carbocycles. The van der Waals surface area contributed by atoms with Gasteiger partial charge in [0.15, 0.2) is 0 Å². The molecule has 1 heterocycles. The molecule has 112 valence electrons. The Kier molecular flexibility index (Phi) is 4.58. The molecule has 0 spiro atoms. The third-order valence-corrected chi connectivity index (χ3v) is 3.28. The van der Waals surface area contributed by atoms with Crippen molar-refractivity contribution in [3.05, 3.63) is 42.1 Å². The minimum Gasteiger partial charge on any atom is -0.350 e. The SMILES string of the molecule is CC(C)(C)CC(N)CNC(=O)c1cccc2cccnc12. The van der Waals surface area contributed by atoms with Crippen LogP contribution in [0.3, 0.4) is 0 Å². The number of hydrogen-bond acceptors (Lipinski definition) is 3. The fraction of sp³-hybridized carbons (Fsp3) is 0.412. The van der Waals surface area contributed by atoms with Crippen molar-refractivity contribution in [2.75, 3.05) is 6.54 Å². The van der Waals surface area contributed by atoms with Gasteiger partial charge in [-0.1, -0.05) is 39.0 Å². The van der Waals surface area contributed by atoms with Crippen molar-refractivity contribution >= 4 is 16.8 Å². The number of carbonyl (C=O) groups is 1. The van der Waals surface area contributed by atoms with Crippen LogP contribution in [0.4, 0.5) is 0 Å². The molecular formula is C17H23N3O. The van der Waals surface area contributed by atoms with E-state index in [0.29, 0.717) is 12.1 Å². The zero-order valence-electron chi connectivity index (χ0n) is 12.9. The average Bonchev–Trinajstić information content (AvgIpc) is 2.42. The molecule has 0 bridgehead atoms. The quantitative estimate of drug-likeness (QED) is 0.907. The van der Waals surface area contributed by atoms with E-state index in [4.69, 9.17) is 5.73 Å². The normalized spacial score (nSPS) is 13.1. The summed E-state index contributed by atoms with van der Waals surface area (Å²) in [7, 11) is 0. The molecule has 1 aromatic heterocycles. The highest BCUT2D eigenvalue weighted by atomic mass is 16.1. The lowest BCUT2D eigenvalue weighted by atomic mass is 9.88. The standard InChI is InChI=1S/C17H23N3O/c1-17(2,3)10-13(18)11-20-16(21)14-8-4-6-12-7-5-9-19-15(12)14/h4-9,13H,10-11,18H2,1-3H3,(H,20,21). The fourth-order valence-electron chi connectivity index (χ4n) is 2.47. The highest BCUT2D eigenvalue weighted by Gasteiger charge is 2.17. The predicted molar refractivity (Wildman–Crippen MR) is 86.1 cm³/mol. The molecule has 0 fully saturated rings. The summed E-state index contributed by atoms with van der Waals surface area (Å²) in [6, 6.07) is 9.38. The number of pyridine rings is 1. The Morgan fingerprint density at radius 2 is 2.00 bits per heavy atom. The minimum absolute atomic E-state index is 0.0446. The van der Waals surface area contributed by atoms with Gasteiger partial charge in [-0.2, -0.15) is 0 Å². The van der Waals surface area contributed by atoms with E-state index in [1.54, 1.807) is 12.3 Å². The predicted octanol–water partition coefficient (Wildman–Crippen LogP) is 2.73. The molecule has 0 saturated carbocycles. The molecular weight excluding hydrogens is 262 g/mol. The number of para-hydroxylation sites is 1. The third kappa shape index (κ3) is 4.26. The average molecular weight is 285 g/mol. The Labute approximate surface area is 125 Å². The van der Waals surface area contributed by atoms with Gasteiger partial charge in [0, 0.05) is 24.2 Å². The van der Waals surface area contributed by atoms with Gasteiger partial charge in [-0.15, -0.1) is 0 Å². The highest BCUT2D eigenvalue weighted by Crippen LogP contribution is 2.20. The largest absolute Gasteiger partial charge is 0.350 e. The second kappa shape index (κ2) is 6.22. The van der Waals surface area contributed by atoms with E-state index in [2.05, 4.69) is 31.1 Å². The van der Waals surface area contributed by atoms with Gasteiger partial charge in [-0.05, 0) is 24.0 Å². The van der Waals surface area contributed by atoms with Gasteiger partial charge >= 0.3 is 0 Å². The smallest absolute Gasteiger partial charge is 0.253 e. The van der Waals surface area contributed by atoms with Crippen LogP contribution in [0.25, 0.3) is 10.9 Å². The molecule has 4 nitrogen and oxygen atoms in total. The Bertz CT molecular complexity index is 626. The second-order valence-corrected chi connectivity index (χ2v) is 6.62. The first-order valence-corrected chi connectivity index (χ1v) is 7.24. The van der Waals surface area contributed by atoms with E-state index in [0.717, 1.165) is 17.3 Å². The van der Waals surface area contributed by atoms with Crippen LogP contribution in [0.2, 0.25) is 0 Å². The van der Waals surface area contributed by atoms with E-state index in [9.17, 15) is 4.79 Å². The van der Waals surface area contributed by atoms with E-state index >= 15 is 0 Å². The molecule has 2 aromatic rings. The van der Waals surface area contributed by atoms with Crippen molar-refractivity contribution in [2.24, 2.45) is 11.1 Å². The number of nitrogens with two attached hydrogens (primary N) is 1. The van der Waals surface area contributed by atoms with Crippen molar-refractivity contribution in [2.45, 2.75) is 33.2 Å². The Balaban J connectivity index is 2.06. The van der Waals surface area contributed by atoms with Crippen molar-refractivity contribution < 1.29 is 4.79 Å². The third-order valence-electron chi connectivity index (χ3n) is 3.28. The first-order valence-electron chi connectivity index (χ1n) is 7.24. The molecule has 3 N–H and O–H groups in total. The van der Waals surface area contributed by atoms with Gasteiger partial charge in [0.2, 0.25) is 0 Å². The van der Waals surface area contributed by atoms with E-state index < -0.39 is 0 Å². The summed E-state index contributed by atoms with van der Waals surface area (Å²) in [6.45, 7) is 6.90. The summed E-state index contributed by atoms with van der Waals surface area (Å²) in [5, 5.41) is 3.87. The monoisotopic (exact) mass is 285 g/mol. The number of nitrogens with one attached hydrogen (secondary N) is 1. The van der Waals surface area contributed by atoms with E-state index in [1.807, 2.05) is 24.3 Å². The number of aromatic nitrogens is 1. The molecule has 1 atom stereocenters. The molecule has 0 aliphatic rings. The van der Waals surface area contributed by atoms with E-state index in [-0.39, 0.29) is 17.4 Å². The zero-order valence-corrected chi connectivity index (χ0v) is 12.9. The molecule has 2 rings (SSSR count). The van der Waals surface area contributed by atoms with Crippen LogP contribution in [0.1, 0.15) is 37.6 Å². The summed E-state index contributed by atoms with van der Waals surface area (Å²) in [4.78, 5) is 16.6. The maximum Gasteiger partial charge on any atom is 0.253 e. The van der Waals surface area contributed by atoms with Crippen LogP contribution < -0.4 is 11.1 Å². The summed E-state index contributed by atoms with van der Waals surface area (Å²) in [6.07, 6.45) is 2.56. The lowest BCUT2D eigenvalue weighted by Crippen LogP contribution is -2.39. The first kappa shape index (κ1) is 15.4. The second-order valence-electron chi connectivity index (χ2n) is 6.62. The van der Waals surface area contributed by atoms with Crippen LogP contribution in [-0.4, -0.2) is 23.5 Å². The first-order chi connectivity index (χ1) is 9.87. The van der Waals surface area contributed by atoms with Crippen molar-refractivity contribution in [1.29, 1.82) is 0 Å². The molecule has 1 amide bonds. The topological polar surface area (TPSA) is 68.0 Å². The van der Waals surface area contributed by atoms with Gasteiger partial charge in [0.05, 0.1) is 11.1 Å². The molecule has 1 unspecified atom stereocenters. The Morgan fingerprint density at radius 1 is 1.29 bits per heavy atom. The van der Waals surface area contributed by atoms with Gasteiger partial charge < -0.3 is 11.1 Å². The number of nitrogens with zero attached hydrogens (tertiary/aromatic N) is 1. The molecule has 0 saturated heterocycles. The Morgan fingerprint density at radius 3 is 2.71 bits per heavy atom. The number of hydrogen-bond donors (Lipinski definition) is 2. The van der Waals surface area contributed by atoms with Crippen LogP contribution in [-0.2, 0) is 0 Å². The van der Waals surface area contributed by atoms with Crippen molar-refractivity contribution in [3.8, 4) is 0 Å². The summed E-state index contributed by atoms with van der Waals surface area (Å²) < 4.78 is 0. The lowest BCUT2D eigenvalue weighted by Gasteiger charge is -2.23. The van der Waals surface area contributed by atoms with Crippen LogP contribution in [0.15, 0.2) is 36.5 Å². The molecule has 0 radical (unpaired) electrons. The van der Waals surface area contributed by atoms with Gasteiger partial charge in [-0.25, -0.2) is 0 Å². The fourth-order valence-corrected chi connectivity index (χ4v) is 2.47. The Hall–Kier alpha value is -1.94. The number of fused-ring (bicyclic) bond motifs is 1. The number of amides is 1. The zero-order chi connectivity index (χ0) is 15.5. The summed E-state index contributed by atoms with van der Waals surface area (Å²) in [5.41, 5.74) is 7.54. The number of rotatable bonds is 4. The van der Waals surface area contributed by atoms with Gasteiger partial charge in [-0.3, -0.25) is 9.78 Å².